The maximum absolute atomic E-state index is 12.5. The first kappa shape index (κ1) is 29.6. The zero-order valence-electron chi connectivity index (χ0n) is 24.9. The average Bonchev–Trinajstić information content (AvgIpc) is 3.78. The summed E-state index contributed by atoms with van der Waals surface area (Å²) in [6.45, 7) is 5.72. The second-order valence-corrected chi connectivity index (χ2v) is 13.1. The molecule has 1 amide bonds. The van der Waals surface area contributed by atoms with Crippen molar-refractivity contribution in [1.82, 2.24) is 15.1 Å². The summed E-state index contributed by atoms with van der Waals surface area (Å²) in [6, 6.07) is 17.4. The number of nitrogens with two attached hydrogens (primary N) is 1. The van der Waals surface area contributed by atoms with Crippen molar-refractivity contribution in [3.8, 4) is 10.4 Å². The van der Waals surface area contributed by atoms with E-state index in [1.807, 2.05) is 23.9 Å². The Hall–Kier alpha value is -3.50. The fourth-order valence-corrected chi connectivity index (χ4v) is 7.29. The van der Waals surface area contributed by atoms with E-state index >= 15 is 0 Å². The molecule has 2 fully saturated rings. The Balaban J connectivity index is 1.21. The molecule has 0 bridgehead atoms. The normalized spacial score (nSPS) is 21.1. The van der Waals surface area contributed by atoms with E-state index in [2.05, 4.69) is 65.1 Å². The summed E-state index contributed by atoms with van der Waals surface area (Å²) >= 11 is 1.80. The molecule has 3 heterocycles. The summed E-state index contributed by atoms with van der Waals surface area (Å²) in [5.74, 6) is -0.408. The molecule has 0 radical (unpaired) electrons. The van der Waals surface area contributed by atoms with Crippen LogP contribution in [0, 0.1) is 6.92 Å². The summed E-state index contributed by atoms with van der Waals surface area (Å²) in [5.41, 5.74) is 12.3. The van der Waals surface area contributed by atoms with Gasteiger partial charge in [-0.3, -0.25) is 4.79 Å². The highest BCUT2D eigenvalue weighted by atomic mass is 32.1. The van der Waals surface area contributed by atoms with Gasteiger partial charge in [-0.2, -0.15) is 5.10 Å². The van der Waals surface area contributed by atoms with Crippen molar-refractivity contribution in [1.29, 1.82) is 0 Å². The minimum atomic E-state index is -0.443. The molecule has 2 aromatic carbocycles. The molecule has 6 rings (SSSR count). The van der Waals surface area contributed by atoms with Gasteiger partial charge in [0.2, 0.25) is 5.91 Å². The van der Waals surface area contributed by atoms with E-state index in [1.165, 1.54) is 20.9 Å². The molecule has 2 aliphatic rings. The lowest BCUT2D eigenvalue weighted by atomic mass is 9.86. The Morgan fingerprint density at radius 1 is 1.16 bits per heavy atom. The molecule has 4 atom stereocenters. The maximum Gasteiger partial charge on any atom is 0.249 e. The molecule has 0 spiro atoms. The Kier molecular flexibility index (Phi) is 8.95. The number of aliphatic hydroxyl groups is 1. The average molecular weight is 600 g/mol. The first-order chi connectivity index (χ1) is 20.8. The van der Waals surface area contributed by atoms with Gasteiger partial charge in [0.15, 0.2) is 0 Å². The van der Waals surface area contributed by atoms with E-state index in [4.69, 9.17) is 10.5 Å². The molecule has 2 aromatic heterocycles. The predicted octanol–water partition coefficient (Wildman–Crippen LogP) is 6.62. The number of benzene rings is 2. The van der Waals surface area contributed by atoms with Crippen molar-refractivity contribution in [3.63, 3.8) is 0 Å². The number of aliphatic hydroxyl groups excluding tert-OH is 1. The summed E-state index contributed by atoms with van der Waals surface area (Å²) < 4.78 is 7.74. The van der Waals surface area contributed by atoms with Crippen LogP contribution in [0.5, 0.6) is 0 Å². The van der Waals surface area contributed by atoms with Crippen molar-refractivity contribution < 1.29 is 14.6 Å². The Bertz CT molecular complexity index is 1570. The molecule has 9 heteroatoms. The van der Waals surface area contributed by atoms with Gasteiger partial charge in [-0.05, 0) is 98.0 Å². The third-order valence-electron chi connectivity index (χ3n) is 8.82. The highest BCUT2D eigenvalue weighted by Gasteiger charge is 2.23. The minimum Gasteiger partial charge on any atom is -0.393 e. The smallest absolute Gasteiger partial charge is 0.249 e. The Labute approximate surface area is 257 Å². The van der Waals surface area contributed by atoms with E-state index in [0.29, 0.717) is 11.6 Å². The summed E-state index contributed by atoms with van der Waals surface area (Å²) in [6.07, 6.45) is 9.47. The standard InChI is InChI=1S/C34H41N5O3S/c1-21(23-6-5-7-24(14-23)32-12-11-29(43-32)19-36-25-9-10-28(40)15-25)30-16-26(17-31(22(30)2)34(35)41)38-27-18-37-39(20-27)33-8-3-4-13-42-33/h5-7,11-12,14,16-18,20-21,25,28,33,36,38,40H,3-4,8-10,13,15,19H2,1-2H3,(H2,35,41)/t21-,25+,28-,33?/m1/s1. The zero-order valence-corrected chi connectivity index (χ0v) is 25.7. The molecule has 1 aliphatic heterocycles. The van der Waals surface area contributed by atoms with Crippen LogP contribution in [0.1, 0.15) is 89.5 Å². The van der Waals surface area contributed by atoms with Crippen molar-refractivity contribution in [2.75, 3.05) is 11.9 Å². The fourth-order valence-electron chi connectivity index (χ4n) is 6.33. The van der Waals surface area contributed by atoms with Crippen LogP contribution in [-0.4, -0.2) is 39.5 Å². The third kappa shape index (κ3) is 6.86. The van der Waals surface area contributed by atoms with Gasteiger partial charge in [-0.25, -0.2) is 4.68 Å². The summed E-state index contributed by atoms with van der Waals surface area (Å²) in [5, 5.41) is 21.4. The number of rotatable bonds is 10. The molecule has 1 saturated heterocycles. The number of carbonyl (C=O) groups is 1. The molecule has 8 nitrogen and oxygen atoms in total. The lowest BCUT2D eigenvalue weighted by molar-refractivity contribution is -0.0394. The second-order valence-electron chi connectivity index (χ2n) is 11.9. The number of carbonyl (C=O) groups excluding carboxylic acids is 1. The van der Waals surface area contributed by atoms with Gasteiger partial charge in [-0.15, -0.1) is 11.3 Å². The predicted molar refractivity (Wildman–Crippen MR) is 172 cm³/mol. The molecular weight excluding hydrogens is 558 g/mol. The first-order valence-electron chi connectivity index (χ1n) is 15.3. The van der Waals surface area contributed by atoms with Crippen molar-refractivity contribution in [2.24, 2.45) is 5.73 Å². The van der Waals surface area contributed by atoms with Crippen LogP contribution in [-0.2, 0) is 11.3 Å². The van der Waals surface area contributed by atoms with Crippen molar-refractivity contribution in [3.05, 3.63) is 88.1 Å². The molecule has 1 aliphatic carbocycles. The second kappa shape index (κ2) is 13.0. The monoisotopic (exact) mass is 599 g/mol. The number of nitrogens with zero attached hydrogens (tertiary/aromatic N) is 2. The lowest BCUT2D eigenvalue weighted by Crippen LogP contribution is -2.25. The van der Waals surface area contributed by atoms with E-state index in [-0.39, 0.29) is 18.2 Å². The number of hydrogen-bond donors (Lipinski definition) is 4. The van der Waals surface area contributed by atoms with E-state index < -0.39 is 5.91 Å². The van der Waals surface area contributed by atoms with Crippen LogP contribution in [0.25, 0.3) is 10.4 Å². The lowest BCUT2D eigenvalue weighted by Gasteiger charge is -2.22. The zero-order chi connectivity index (χ0) is 29.9. The Morgan fingerprint density at radius 2 is 2.05 bits per heavy atom. The van der Waals surface area contributed by atoms with Gasteiger partial charge in [0.25, 0.3) is 0 Å². The van der Waals surface area contributed by atoms with Crippen LogP contribution in [0.3, 0.4) is 0 Å². The number of nitrogens with one attached hydrogen (secondary N) is 2. The highest BCUT2D eigenvalue weighted by molar-refractivity contribution is 7.15. The molecule has 5 N–H and O–H groups in total. The van der Waals surface area contributed by atoms with Crippen LogP contribution in [0.2, 0.25) is 0 Å². The minimum absolute atomic E-state index is 0.0352. The number of hydrogen-bond acceptors (Lipinski definition) is 7. The first-order valence-corrected chi connectivity index (χ1v) is 16.1. The van der Waals surface area contributed by atoms with E-state index in [9.17, 15) is 9.90 Å². The van der Waals surface area contributed by atoms with Crippen LogP contribution in [0.4, 0.5) is 11.4 Å². The van der Waals surface area contributed by atoms with Crippen molar-refractivity contribution in [2.45, 2.75) is 83.2 Å². The van der Waals surface area contributed by atoms with Crippen LogP contribution in [0.15, 0.2) is 60.9 Å². The SMILES string of the molecule is Cc1c(C(N)=O)cc(Nc2cnn(C3CCCCO3)c2)cc1[C@H](C)c1cccc(-c2ccc(CN[C@H]3CC[C@@H](O)C3)s2)c1. The topological polar surface area (TPSA) is 114 Å². The van der Waals surface area contributed by atoms with Gasteiger partial charge in [-0.1, -0.05) is 25.1 Å². The van der Waals surface area contributed by atoms with Gasteiger partial charge >= 0.3 is 0 Å². The Morgan fingerprint density at radius 3 is 2.81 bits per heavy atom. The number of amides is 1. The maximum atomic E-state index is 12.5. The molecule has 226 valence electrons. The summed E-state index contributed by atoms with van der Waals surface area (Å²) in [4.78, 5) is 15.0. The molecule has 4 aromatic rings. The molecule has 43 heavy (non-hydrogen) atoms. The summed E-state index contributed by atoms with van der Waals surface area (Å²) in [7, 11) is 0. The number of ether oxygens (including phenoxy) is 1. The molecule has 1 saturated carbocycles. The number of anilines is 2. The van der Waals surface area contributed by atoms with Crippen LogP contribution < -0.4 is 16.4 Å². The highest BCUT2D eigenvalue weighted by Crippen LogP contribution is 2.36. The van der Waals surface area contributed by atoms with Gasteiger partial charge in [0, 0.05) is 46.1 Å². The molecule has 1 unspecified atom stereocenters. The van der Waals surface area contributed by atoms with E-state index in [0.717, 1.165) is 74.2 Å². The van der Waals surface area contributed by atoms with Gasteiger partial charge in [0.1, 0.15) is 6.23 Å². The fraction of sp³-hybridized carbons (Fsp3) is 0.412. The van der Waals surface area contributed by atoms with Crippen LogP contribution >= 0.6 is 11.3 Å². The largest absolute Gasteiger partial charge is 0.393 e. The number of aromatic nitrogens is 2. The van der Waals surface area contributed by atoms with E-state index in [1.54, 1.807) is 17.5 Å². The quantitative estimate of drug-likeness (QED) is 0.163. The van der Waals surface area contributed by atoms with Crippen molar-refractivity contribution >= 4 is 28.6 Å². The molecular formula is C34H41N5O3S. The van der Waals surface area contributed by atoms with Gasteiger partial charge < -0.3 is 26.2 Å². The van der Waals surface area contributed by atoms with Gasteiger partial charge in [0.05, 0.1) is 24.2 Å². The number of thiophene rings is 1. The number of primary amides is 1. The third-order valence-corrected chi connectivity index (χ3v) is 9.96.